The fourth-order valence-corrected chi connectivity index (χ4v) is 1.60. The van der Waals surface area contributed by atoms with E-state index in [1.807, 2.05) is 0 Å². The Morgan fingerprint density at radius 3 is 2.31 bits per heavy atom. The number of aromatic nitrogens is 1. The standard InChI is InChI=1S/C11H17NO4/c1-2-8(13)7-9(14)10(11(15)16)12-5-3-4-6-12/h3-6,8-10,13-14H,2,7H2,1H3,(H,15,16). The molecule has 0 spiro atoms. The van der Waals surface area contributed by atoms with Crippen LogP contribution in [-0.2, 0) is 4.79 Å². The number of hydrogen-bond acceptors (Lipinski definition) is 3. The van der Waals surface area contributed by atoms with Crippen molar-refractivity contribution in [2.24, 2.45) is 0 Å². The van der Waals surface area contributed by atoms with E-state index >= 15 is 0 Å². The van der Waals surface area contributed by atoms with Crippen molar-refractivity contribution < 1.29 is 20.1 Å². The first kappa shape index (κ1) is 12.7. The van der Waals surface area contributed by atoms with Gasteiger partial charge in [0.25, 0.3) is 0 Å². The number of carboxylic acid groups (broad SMARTS) is 1. The van der Waals surface area contributed by atoms with Gasteiger partial charge in [-0.1, -0.05) is 6.92 Å². The van der Waals surface area contributed by atoms with E-state index in [4.69, 9.17) is 5.11 Å². The predicted octanol–water partition coefficient (Wildman–Crippen LogP) is 0.636. The van der Waals surface area contributed by atoms with Crippen molar-refractivity contribution >= 4 is 5.97 Å². The number of aliphatic hydroxyl groups is 2. The first-order valence-corrected chi connectivity index (χ1v) is 5.27. The van der Waals surface area contributed by atoms with Gasteiger partial charge < -0.3 is 19.9 Å². The van der Waals surface area contributed by atoms with Crippen molar-refractivity contribution in [1.82, 2.24) is 4.57 Å². The van der Waals surface area contributed by atoms with E-state index in [2.05, 4.69) is 0 Å². The van der Waals surface area contributed by atoms with Crippen LogP contribution >= 0.6 is 0 Å². The van der Waals surface area contributed by atoms with Gasteiger partial charge in [-0.3, -0.25) is 0 Å². The van der Waals surface area contributed by atoms with E-state index in [9.17, 15) is 15.0 Å². The summed E-state index contributed by atoms with van der Waals surface area (Å²) < 4.78 is 1.43. The Hall–Kier alpha value is -1.33. The van der Waals surface area contributed by atoms with E-state index in [0.29, 0.717) is 6.42 Å². The molecule has 3 atom stereocenters. The maximum Gasteiger partial charge on any atom is 0.329 e. The lowest BCUT2D eigenvalue weighted by Crippen LogP contribution is -2.33. The zero-order valence-corrected chi connectivity index (χ0v) is 9.15. The smallest absolute Gasteiger partial charge is 0.329 e. The quantitative estimate of drug-likeness (QED) is 0.666. The zero-order valence-electron chi connectivity index (χ0n) is 9.15. The predicted molar refractivity (Wildman–Crippen MR) is 58.0 cm³/mol. The van der Waals surface area contributed by atoms with E-state index in [1.54, 1.807) is 31.5 Å². The minimum Gasteiger partial charge on any atom is -0.480 e. The summed E-state index contributed by atoms with van der Waals surface area (Å²) in [6.45, 7) is 1.78. The molecule has 0 amide bonds. The Labute approximate surface area is 93.9 Å². The van der Waals surface area contributed by atoms with Crippen LogP contribution in [0.1, 0.15) is 25.8 Å². The molecule has 3 unspecified atom stereocenters. The number of rotatable bonds is 6. The van der Waals surface area contributed by atoms with Crippen LogP contribution in [0.25, 0.3) is 0 Å². The fraction of sp³-hybridized carbons (Fsp3) is 0.545. The molecule has 0 fully saturated rings. The average Bonchev–Trinajstić information content (AvgIpc) is 2.70. The van der Waals surface area contributed by atoms with Crippen molar-refractivity contribution in [3.8, 4) is 0 Å². The molecule has 0 radical (unpaired) electrons. The van der Waals surface area contributed by atoms with Crippen LogP contribution in [0.4, 0.5) is 0 Å². The fourth-order valence-electron chi connectivity index (χ4n) is 1.60. The molecule has 0 aliphatic carbocycles. The Morgan fingerprint density at radius 2 is 1.88 bits per heavy atom. The molecule has 0 saturated carbocycles. The normalized spacial score (nSPS) is 16.7. The molecule has 5 heteroatoms. The molecular weight excluding hydrogens is 210 g/mol. The van der Waals surface area contributed by atoms with Crippen LogP contribution in [0.5, 0.6) is 0 Å². The van der Waals surface area contributed by atoms with Crippen molar-refractivity contribution in [1.29, 1.82) is 0 Å². The molecule has 0 aliphatic rings. The van der Waals surface area contributed by atoms with Gasteiger partial charge in [-0.05, 0) is 18.6 Å². The maximum atomic E-state index is 11.0. The van der Waals surface area contributed by atoms with Crippen molar-refractivity contribution in [2.45, 2.75) is 38.0 Å². The molecule has 1 aromatic rings. The van der Waals surface area contributed by atoms with Gasteiger partial charge in [0.05, 0.1) is 12.2 Å². The average molecular weight is 227 g/mol. The largest absolute Gasteiger partial charge is 0.480 e. The number of aliphatic carboxylic acids is 1. The van der Waals surface area contributed by atoms with Gasteiger partial charge in [0.2, 0.25) is 0 Å². The van der Waals surface area contributed by atoms with E-state index < -0.39 is 24.2 Å². The van der Waals surface area contributed by atoms with Crippen LogP contribution in [0.3, 0.4) is 0 Å². The number of carbonyl (C=O) groups is 1. The van der Waals surface area contributed by atoms with E-state index in [1.165, 1.54) is 4.57 Å². The molecule has 16 heavy (non-hydrogen) atoms. The van der Waals surface area contributed by atoms with Crippen LogP contribution in [0.2, 0.25) is 0 Å². The molecule has 0 aromatic carbocycles. The Morgan fingerprint density at radius 1 is 1.31 bits per heavy atom. The van der Waals surface area contributed by atoms with Crippen molar-refractivity contribution in [2.75, 3.05) is 0 Å². The summed E-state index contributed by atoms with van der Waals surface area (Å²) in [5, 5.41) is 28.2. The Balaban J connectivity index is 2.75. The summed E-state index contributed by atoms with van der Waals surface area (Å²) >= 11 is 0. The highest BCUT2D eigenvalue weighted by Gasteiger charge is 2.28. The first-order valence-electron chi connectivity index (χ1n) is 5.27. The van der Waals surface area contributed by atoms with Crippen LogP contribution < -0.4 is 0 Å². The molecule has 1 rings (SSSR count). The lowest BCUT2D eigenvalue weighted by molar-refractivity contribution is -0.145. The van der Waals surface area contributed by atoms with Crippen molar-refractivity contribution in [3.05, 3.63) is 24.5 Å². The van der Waals surface area contributed by atoms with Gasteiger partial charge in [-0.25, -0.2) is 4.79 Å². The summed E-state index contributed by atoms with van der Waals surface area (Å²) in [6, 6.07) is 2.34. The van der Waals surface area contributed by atoms with Crippen LogP contribution in [-0.4, -0.2) is 38.1 Å². The third kappa shape index (κ3) is 3.08. The SMILES string of the molecule is CCC(O)CC(O)C(C(=O)O)n1cccc1. The van der Waals surface area contributed by atoms with Gasteiger partial charge in [0.15, 0.2) is 6.04 Å². The summed E-state index contributed by atoms with van der Waals surface area (Å²) in [4.78, 5) is 11.0. The topological polar surface area (TPSA) is 82.7 Å². The minimum atomic E-state index is -1.10. The summed E-state index contributed by atoms with van der Waals surface area (Å²) in [5.41, 5.74) is 0. The monoisotopic (exact) mass is 227 g/mol. The molecule has 0 aliphatic heterocycles. The van der Waals surface area contributed by atoms with Crippen molar-refractivity contribution in [3.63, 3.8) is 0 Å². The highest BCUT2D eigenvalue weighted by atomic mass is 16.4. The molecule has 1 heterocycles. The van der Waals surface area contributed by atoms with Gasteiger partial charge >= 0.3 is 5.97 Å². The molecule has 5 nitrogen and oxygen atoms in total. The molecular formula is C11H17NO4. The second-order valence-corrected chi connectivity index (χ2v) is 3.78. The summed E-state index contributed by atoms with van der Waals surface area (Å²) in [5.74, 6) is -1.10. The highest BCUT2D eigenvalue weighted by Crippen LogP contribution is 2.17. The number of aliphatic hydroxyl groups excluding tert-OH is 2. The summed E-state index contributed by atoms with van der Waals surface area (Å²) in [7, 11) is 0. The second kappa shape index (κ2) is 5.67. The lowest BCUT2D eigenvalue weighted by atomic mass is 10.0. The molecule has 90 valence electrons. The van der Waals surface area contributed by atoms with Crippen LogP contribution in [0, 0.1) is 0 Å². The molecule has 0 bridgehead atoms. The van der Waals surface area contributed by atoms with Gasteiger partial charge in [-0.15, -0.1) is 0 Å². The van der Waals surface area contributed by atoms with Gasteiger partial charge in [-0.2, -0.15) is 0 Å². The first-order chi connectivity index (χ1) is 7.56. The third-order valence-electron chi connectivity index (χ3n) is 2.55. The molecule has 3 N–H and O–H groups in total. The zero-order chi connectivity index (χ0) is 12.1. The lowest BCUT2D eigenvalue weighted by Gasteiger charge is -2.22. The van der Waals surface area contributed by atoms with E-state index in [0.717, 1.165) is 0 Å². The summed E-state index contributed by atoms with van der Waals surface area (Å²) in [6.07, 6.45) is 1.95. The maximum absolute atomic E-state index is 11.0. The molecule has 0 saturated heterocycles. The second-order valence-electron chi connectivity index (χ2n) is 3.78. The Bertz CT molecular complexity index is 323. The molecule has 1 aromatic heterocycles. The number of hydrogen-bond donors (Lipinski definition) is 3. The number of nitrogens with zero attached hydrogens (tertiary/aromatic N) is 1. The van der Waals surface area contributed by atoms with Crippen LogP contribution in [0.15, 0.2) is 24.5 Å². The highest BCUT2D eigenvalue weighted by molar-refractivity contribution is 5.72. The van der Waals surface area contributed by atoms with Gasteiger partial charge in [0.1, 0.15) is 0 Å². The Kier molecular flexibility index (Phi) is 4.52. The van der Waals surface area contributed by atoms with E-state index in [-0.39, 0.29) is 6.42 Å². The van der Waals surface area contributed by atoms with Gasteiger partial charge in [0, 0.05) is 18.8 Å². The number of carboxylic acids is 1. The third-order valence-corrected chi connectivity index (χ3v) is 2.55. The minimum absolute atomic E-state index is 0.0612.